The minimum absolute atomic E-state index is 0.161. The lowest BCUT2D eigenvalue weighted by Gasteiger charge is -2.13. The van der Waals surface area contributed by atoms with Gasteiger partial charge in [-0.2, -0.15) is 0 Å². The van der Waals surface area contributed by atoms with Gasteiger partial charge in [-0.15, -0.1) is 0 Å². The number of carbonyl (C=O) groups excluding carboxylic acids is 1. The van der Waals surface area contributed by atoms with Gasteiger partial charge in [-0.05, 0) is 31.4 Å². The van der Waals surface area contributed by atoms with E-state index in [0.29, 0.717) is 18.0 Å². The van der Waals surface area contributed by atoms with Crippen LogP contribution in [0, 0.1) is 12.8 Å². The first-order valence-corrected chi connectivity index (χ1v) is 7.72. The van der Waals surface area contributed by atoms with Gasteiger partial charge >= 0.3 is 0 Å². The Balaban J connectivity index is 2.07. The van der Waals surface area contributed by atoms with Crippen LogP contribution in [0.2, 0.25) is 0 Å². The number of hydrogen-bond acceptors (Lipinski definition) is 3. The van der Waals surface area contributed by atoms with Crippen molar-refractivity contribution in [3.63, 3.8) is 0 Å². The van der Waals surface area contributed by atoms with E-state index in [-0.39, 0.29) is 17.8 Å². The lowest BCUT2D eigenvalue weighted by atomic mass is 10.1. The van der Waals surface area contributed by atoms with E-state index in [9.17, 15) is 14.7 Å². The Morgan fingerprint density at radius 2 is 1.96 bits per heavy atom. The Hall–Kier alpha value is -2.34. The fourth-order valence-corrected chi connectivity index (χ4v) is 2.33. The van der Waals surface area contributed by atoms with Gasteiger partial charge in [-0.25, -0.2) is 4.68 Å². The summed E-state index contributed by atoms with van der Waals surface area (Å²) in [6, 6.07) is 8.65. The number of aryl methyl sites for hydroxylation is 1. The van der Waals surface area contributed by atoms with Gasteiger partial charge in [0.15, 0.2) is 0 Å². The lowest BCUT2D eigenvalue weighted by molar-refractivity contribution is 0.0895. The maximum atomic E-state index is 12.1. The number of aromatic amines is 1. The van der Waals surface area contributed by atoms with E-state index in [2.05, 4.69) is 10.4 Å². The maximum absolute atomic E-state index is 12.1. The van der Waals surface area contributed by atoms with Crippen molar-refractivity contribution in [2.24, 2.45) is 5.92 Å². The van der Waals surface area contributed by atoms with Crippen LogP contribution in [0.1, 0.15) is 36.3 Å². The highest BCUT2D eigenvalue weighted by atomic mass is 16.3. The highest BCUT2D eigenvalue weighted by molar-refractivity contribution is 5.92. The summed E-state index contributed by atoms with van der Waals surface area (Å²) < 4.78 is 1.32. The first kappa shape index (κ1) is 17.0. The third-order valence-corrected chi connectivity index (χ3v) is 3.50. The lowest BCUT2D eigenvalue weighted by Crippen LogP contribution is -2.33. The molecular formula is C17H23N3O3. The van der Waals surface area contributed by atoms with Crippen molar-refractivity contribution < 1.29 is 9.90 Å². The molecule has 0 aliphatic heterocycles. The van der Waals surface area contributed by atoms with Crippen molar-refractivity contribution in [1.29, 1.82) is 0 Å². The van der Waals surface area contributed by atoms with Crippen molar-refractivity contribution in [1.82, 2.24) is 15.1 Å². The first-order valence-electron chi connectivity index (χ1n) is 7.72. The molecule has 1 atom stereocenters. The third-order valence-electron chi connectivity index (χ3n) is 3.50. The van der Waals surface area contributed by atoms with Gasteiger partial charge in [0.25, 0.3) is 11.5 Å². The molecule has 0 fully saturated rings. The molecule has 0 radical (unpaired) electrons. The smallest absolute Gasteiger partial charge is 0.271 e. The molecule has 0 bridgehead atoms. The molecule has 2 aromatic rings. The Labute approximate surface area is 135 Å². The molecule has 0 saturated carbocycles. The normalized spacial score (nSPS) is 12.4. The SMILES string of the molecule is Cc1ccc(-n2[nH]c(C(=O)NCC(O)CC(C)C)cc2=O)cc1. The monoisotopic (exact) mass is 317 g/mol. The summed E-state index contributed by atoms with van der Waals surface area (Å²) in [5, 5.41) is 15.2. The third kappa shape index (κ3) is 4.56. The van der Waals surface area contributed by atoms with Crippen molar-refractivity contribution in [2.75, 3.05) is 6.54 Å². The summed E-state index contributed by atoms with van der Waals surface area (Å²) in [7, 11) is 0. The van der Waals surface area contributed by atoms with Crippen molar-refractivity contribution in [2.45, 2.75) is 33.3 Å². The van der Waals surface area contributed by atoms with Crippen molar-refractivity contribution in [3.8, 4) is 5.69 Å². The number of hydrogen-bond donors (Lipinski definition) is 3. The van der Waals surface area contributed by atoms with Gasteiger partial charge in [0.1, 0.15) is 5.69 Å². The second-order valence-corrected chi connectivity index (χ2v) is 6.17. The number of rotatable bonds is 6. The Morgan fingerprint density at radius 3 is 2.57 bits per heavy atom. The first-order chi connectivity index (χ1) is 10.9. The Bertz CT molecular complexity index is 713. The quantitative estimate of drug-likeness (QED) is 0.756. The van der Waals surface area contributed by atoms with Crippen LogP contribution in [0.15, 0.2) is 35.1 Å². The van der Waals surface area contributed by atoms with Crippen LogP contribution in [0.3, 0.4) is 0 Å². The molecule has 2 rings (SSSR count). The van der Waals surface area contributed by atoms with E-state index in [4.69, 9.17) is 0 Å². The number of nitrogens with zero attached hydrogens (tertiary/aromatic N) is 1. The second-order valence-electron chi connectivity index (χ2n) is 6.17. The zero-order valence-corrected chi connectivity index (χ0v) is 13.7. The number of nitrogens with one attached hydrogen (secondary N) is 2. The highest BCUT2D eigenvalue weighted by Gasteiger charge is 2.14. The minimum Gasteiger partial charge on any atom is -0.391 e. The van der Waals surface area contributed by atoms with Crippen LogP contribution in [-0.4, -0.2) is 33.4 Å². The van der Waals surface area contributed by atoms with Gasteiger partial charge in [-0.3, -0.25) is 14.7 Å². The summed E-state index contributed by atoms with van der Waals surface area (Å²) in [5.74, 6) is -0.0555. The molecule has 1 heterocycles. The molecular weight excluding hydrogens is 294 g/mol. The Kier molecular flexibility index (Phi) is 5.39. The van der Waals surface area contributed by atoms with Crippen LogP contribution < -0.4 is 10.9 Å². The minimum atomic E-state index is -0.593. The zero-order valence-electron chi connectivity index (χ0n) is 13.7. The molecule has 3 N–H and O–H groups in total. The molecule has 1 amide bonds. The predicted molar refractivity (Wildman–Crippen MR) is 88.9 cm³/mol. The summed E-state index contributed by atoms with van der Waals surface area (Å²) in [5.41, 5.74) is 1.62. The van der Waals surface area contributed by atoms with Crippen molar-refractivity contribution in [3.05, 3.63) is 51.9 Å². The van der Waals surface area contributed by atoms with Crippen LogP contribution in [0.4, 0.5) is 0 Å². The van der Waals surface area contributed by atoms with Gasteiger partial charge in [-0.1, -0.05) is 31.5 Å². The molecule has 6 nitrogen and oxygen atoms in total. The predicted octanol–water partition coefficient (Wildman–Crippen LogP) is 1.61. The average molecular weight is 317 g/mol. The fourth-order valence-electron chi connectivity index (χ4n) is 2.33. The van der Waals surface area contributed by atoms with Crippen molar-refractivity contribution >= 4 is 5.91 Å². The zero-order chi connectivity index (χ0) is 17.0. The molecule has 0 aliphatic carbocycles. The van der Waals surface area contributed by atoms with Gasteiger partial charge in [0.05, 0.1) is 11.8 Å². The van der Waals surface area contributed by atoms with E-state index in [1.165, 1.54) is 10.7 Å². The summed E-state index contributed by atoms with van der Waals surface area (Å²) in [6.07, 6.45) is 0.0196. The molecule has 1 aromatic carbocycles. The number of benzene rings is 1. The molecule has 0 spiro atoms. The van der Waals surface area contributed by atoms with E-state index in [1.807, 2.05) is 32.9 Å². The molecule has 6 heteroatoms. The Morgan fingerprint density at radius 1 is 1.30 bits per heavy atom. The van der Waals surface area contributed by atoms with Crippen LogP contribution >= 0.6 is 0 Å². The molecule has 1 unspecified atom stereocenters. The van der Waals surface area contributed by atoms with Crippen LogP contribution in [0.25, 0.3) is 5.69 Å². The number of carbonyl (C=O) groups is 1. The number of aromatic nitrogens is 2. The topological polar surface area (TPSA) is 87.1 Å². The van der Waals surface area contributed by atoms with E-state index in [0.717, 1.165) is 5.56 Å². The largest absolute Gasteiger partial charge is 0.391 e. The maximum Gasteiger partial charge on any atom is 0.271 e. The molecule has 0 aliphatic rings. The van der Waals surface area contributed by atoms with Gasteiger partial charge in [0, 0.05) is 12.6 Å². The highest BCUT2D eigenvalue weighted by Crippen LogP contribution is 2.07. The summed E-state index contributed by atoms with van der Waals surface area (Å²) >= 11 is 0. The molecule has 124 valence electrons. The van der Waals surface area contributed by atoms with E-state index in [1.54, 1.807) is 12.1 Å². The van der Waals surface area contributed by atoms with Crippen LogP contribution in [-0.2, 0) is 0 Å². The summed E-state index contributed by atoms with van der Waals surface area (Å²) in [4.78, 5) is 24.1. The molecule has 1 aromatic heterocycles. The number of aliphatic hydroxyl groups excluding tert-OH is 1. The number of H-pyrrole nitrogens is 1. The molecule has 0 saturated heterocycles. The fraction of sp³-hybridized carbons (Fsp3) is 0.412. The standard InChI is InChI=1S/C17H23N3O3/c1-11(2)8-14(21)10-18-17(23)15-9-16(22)20(19-15)13-6-4-12(3)5-7-13/h4-7,9,11,14,19,21H,8,10H2,1-3H3,(H,18,23). The van der Waals surface area contributed by atoms with E-state index < -0.39 is 12.0 Å². The number of amides is 1. The second kappa shape index (κ2) is 7.28. The summed E-state index contributed by atoms with van der Waals surface area (Å²) in [6.45, 7) is 6.13. The van der Waals surface area contributed by atoms with Gasteiger partial charge in [0.2, 0.25) is 0 Å². The molecule has 23 heavy (non-hydrogen) atoms. The van der Waals surface area contributed by atoms with E-state index >= 15 is 0 Å². The van der Waals surface area contributed by atoms with Crippen LogP contribution in [0.5, 0.6) is 0 Å². The number of aliphatic hydroxyl groups is 1. The van der Waals surface area contributed by atoms with Gasteiger partial charge < -0.3 is 10.4 Å². The average Bonchev–Trinajstić information content (AvgIpc) is 2.87.